The topological polar surface area (TPSA) is 69.9 Å². The smallest absolute Gasteiger partial charge is 0.272 e. The Morgan fingerprint density at radius 2 is 2.19 bits per heavy atom. The van der Waals surface area contributed by atoms with E-state index in [2.05, 4.69) is 9.97 Å². The van der Waals surface area contributed by atoms with E-state index in [9.17, 15) is 9.18 Å². The largest absolute Gasteiger partial charge is 0.332 e. The lowest BCUT2D eigenvalue weighted by Crippen LogP contribution is -2.32. The van der Waals surface area contributed by atoms with Gasteiger partial charge < -0.3 is 4.90 Å². The van der Waals surface area contributed by atoms with Crippen LogP contribution in [0.5, 0.6) is 0 Å². The van der Waals surface area contributed by atoms with Crippen molar-refractivity contribution in [1.82, 2.24) is 14.9 Å². The second-order valence-electron chi connectivity index (χ2n) is 4.34. The molecule has 106 valence electrons. The van der Waals surface area contributed by atoms with Crippen LogP contribution >= 0.6 is 0 Å². The van der Waals surface area contributed by atoms with Crippen molar-refractivity contribution in [1.29, 1.82) is 5.26 Å². The van der Waals surface area contributed by atoms with Crippen LogP contribution in [0, 0.1) is 17.3 Å². The summed E-state index contributed by atoms with van der Waals surface area (Å²) in [7, 11) is 0. The number of halogens is 1. The van der Waals surface area contributed by atoms with Crippen molar-refractivity contribution in [3.8, 4) is 6.07 Å². The molecule has 0 aliphatic rings. The number of carbonyl (C=O) groups is 1. The minimum Gasteiger partial charge on any atom is -0.332 e. The third-order valence-corrected chi connectivity index (χ3v) is 2.81. The molecular formula is C15H13FN4O. The van der Waals surface area contributed by atoms with Crippen molar-refractivity contribution >= 4 is 5.91 Å². The molecular weight excluding hydrogens is 271 g/mol. The van der Waals surface area contributed by atoms with E-state index < -0.39 is 11.9 Å². The van der Waals surface area contributed by atoms with E-state index in [4.69, 9.17) is 5.26 Å². The van der Waals surface area contributed by atoms with Crippen LogP contribution in [0.3, 0.4) is 0 Å². The summed E-state index contributed by atoms with van der Waals surface area (Å²) in [6.07, 6.45) is 3.48. The molecule has 0 N–H and O–H groups in total. The van der Waals surface area contributed by atoms with Crippen LogP contribution < -0.4 is 0 Å². The van der Waals surface area contributed by atoms with E-state index in [0.717, 1.165) is 5.56 Å². The highest BCUT2D eigenvalue weighted by Gasteiger charge is 2.17. The van der Waals surface area contributed by atoms with Crippen molar-refractivity contribution < 1.29 is 9.18 Å². The lowest BCUT2D eigenvalue weighted by molar-refractivity contribution is 0.0739. The molecule has 0 radical (unpaired) electrons. The van der Waals surface area contributed by atoms with E-state index in [1.165, 1.54) is 23.1 Å². The number of hydrogen-bond acceptors (Lipinski definition) is 4. The molecule has 0 bridgehead atoms. The maximum Gasteiger partial charge on any atom is 0.272 e. The summed E-state index contributed by atoms with van der Waals surface area (Å²) in [4.78, 5) is 21.4. The van der Waals surface area contributed by atoms with Gasteiger partial charge in [0.05, 0.1) is 12.5 Å². The van der Waals surface area contributed by atoms with Gasteiger partial charge in [0.1, 0.15) is 5.69 Å². The van der Waals surface area contributed by atoms with Crippen LogP contribution in [-0.2, 0) is 6.54 Å². The van der Waals surface area contributed by atoms with Gasteiger partial charge in [-0.15, -0.1) is 0 Å². The monoisotopic (exact) mass is 284 g/mol. The Kier molecular flexibility index (Phi) is 4.94. The Balaban J connectivity index is 2.19. The molecule has 0 saturated carbocycles. The molecule has 0 aliphatic heterocycles. The fourth-order valence-electron chi connectivity index (χ4n) is 1.84. The first kappa shape index (κ1) is 14.6. The molecule has 0 saturated heterocycles. The highest BCUT2D eigenvalue weighted by Crippen LogP contribution is 2.09. The van der Waals surface area contributed by atoms with Crippen molar-refractivity contribution in [2.24, 2.45) is 0 Å². The van der Waals surface area contributed by atoms with Gasteiger partial charge in [-0.05, 0) is 23.8 Å². The standard InChI is InChI=1S/C15H13FN4O/c16-14-6-1-5-13(19-14)15(21)20(9-3-7-17)11-12-4-2-8-18-10-12/h1-2,4-6,8,10H,3,9,11H2. The summed E-state index contributed by atoms with van der Waals surface area (Å²) >= 11 is 0. The van der Waals surface area contributed by atoms with Crippen LogP contribution in [0.25, 0.3) is 0 Å². The summed E-state index contributed by atoms with van der Waals surface area (Å²) in [5.41, 5.74) is 0.858. The number of rotatable bonds is 5. The highest BCUT2D eigenvalue weighted by molar-refractivity contribution is 5.92. The molecule has 21 heavy (non-hydrogen) atoms. The van der Waals surface area contributed by atoms with Gasteiger partial charge in [0.2, 0.25) is 5.95 Å². The number of aromatic nitrogens is 2. The van der Waals surface area contributed by atoms with Gasteiger partial charge in [0.25, 0.3) is 5.91 Å². The number of nitriles is 1. The predicted octanol–water partition coefficient (Wildman–Crippen LogP) is 2.17. The fraction of sp³-hybridized carbons (Fsp3) is 0.200. The first-order valence-corrected chi connectivity index (χ1v) is 6.38. The Morgan fingerprint density at radius 1 is 1.33 bits per heavy atom. The molecule has 2 aromatic heterocycles. The molecule has 0 atom stereocenters. The Labute approximate surface area is 121 Å². The van der Waals surface area contributed by atoms with E-state index in [1.807, 2.05) is 12.1 Å². The molecule has 0 aliphatic carbocycles. The lowest BCUT2D eigenvalue weighted by Gasteiger charge is -2.21. The van der Waals surface area contributed by atoms with E-state index in [-0.39, 0.29) is 18.7 Å². The minimum absolute atomic E-state index is 0.0248. The molecule has 0 fully saturated rings. The fourth-order valence-corrected chi connectivity index (χ4v) is 1.84. The molecule has 2 heterocycles. The van der Waals surface area contributed by atoms with Crippen molar-refractivity contribution in [3.63, 3.8) is 0 Å². The normalized spacial score (nSPS) is 9.90. The van der Waals surface area contributed by atoms with E-state index in [0.29, 0.717) is 6.54 Å². The summed E-state index contributed by atoms with van der Waals surface area (Å²) in [5.74, 6) is -1.11. The van der Waals surface area contributed by atoms with Gasteiger partial charge in [-0.3, -0.25) is 9.78 Å². The van der Waals surface area contributed by atoms with Gasteiger partial charge in [0.15, 0.2) is 0 Å². The SMILES string of the molecule is N#CCCN(Cc1cccnc1)C(=O)c1cccc(F)n1. The Hall–Kier alpha value is -2.81. The van der Waals surface area contributed by atoms with Crippen LogP contribution in [0.1, 0.15) is 22.5 Å². The zero-order valence-corrected chi connectivity index (χ0v) is 11.2. The Bertz CT molecular complexity index is 654. The summed E-state index contributed by atoms with van der Waals surface area (Å²) in [6, 6.07) is 9.66. The molecule has 6 heteroatoms. The van der Waals surface area contributed by atoms with Gasteiger partial charge in [-0.1, -0.05) is 12.1 Å². The number of hydrogen-bond donors (Lipinski definition) is 0. The first-order chi connectivity index (χ1) is 10.2. The second kappa shape index (κ2) is 7.10. The van der Waals surface area contributed by atoms with Crippen molar-refractivity contribution in [2.45, 2.75) is 13.0 Å². The van der Waals surface area contributed by atoms with Crippen LogP contribution in [-0.4, -0.2) is 27.3 Å². The third kappa shape index (κ3) is 4.08. The van der Waals surface area contributed by atoms with Crippen LogP contribution in [0.15, 0.2) is 42.7 Å². The van der Waals surface area contributed by atoms with Gasteiger partial charge in [-0.25, -0.2) is 4.98 Å². The molecule has 2 aromatic rings. The third-order valence-electron chi connectivity index (χ3n) is 2.81. The Morgan fingerprint density at radius 3 is 2.86 bits per heavy atom. The van der Waals surface area contributed by atoms with Gasteiger partial charge in [0, 0.05) is 25.5 Å². The quantitative estimate of drug-likeness (QED) is 0.789. The highest BCUT2D eigenvalue weighted by atomic mass is 19.1. The number of nitrogens with zero attached hydrogens (tertiary/aromatic N) is 4. The summed E-state index contributed by atoms with van der Waals surface area (Å²) in [5, 5.41) is 8.70. The molecule has 0 spiro atoms. The molecule has 5 nitrogen and oxygen atoms in total. The summed E-state index contributed by atoms with van der Waals surface area (Å²) < 4.78 is 13.1. The first-order valence-electron chi connectivity index (χ1n) is 6.38. The molecule has 0 aromatic carbocycles. The predicted molar refractivity (Wildman–Crippen MR) is 73.4 cm³/mol. The number of pyridine rings is 2. The van der Waals surface area contributed by atoms with Crippen LogP contribution in [0.2, 0.25) is 0 Å². The molecule has 0 unspecified atom stereocenters. The van der Waals surface area contributed by atoms with Gasteiger partial charge >= 0.3 is 0 Å². The second-order valence-corrected chi connectivity index (χ2v) is 4.34. The van der Waals surface area contributed by atoms with Crippen molar-refractivity contribution in [2.75, 3.05) is 6.54 Å². The van der Waals surface area contributed by atoms with Gasteiger partial charge in [-0.2, -0.15) is 9.65 Å². The zero-order valence-electron chi connectivity index (χ0n) is 11.2. The number of amides is 1. The molecule has 1 amide bonds. The molecule has 2 rings (SSSR count). The van der Waals surface area contributed by atoms with Crippen molar-refractivity contribution in [3.05, 3.63) is 59.9 Å². The lowest BCUT2D eigenvalue weighted by atomic mass is 10.2. The zero-order chi connectivity index (χ0) is 15.1. The van der Waals surface area contributed by atoms with E-state index >= 15 is 0 Å². The average molecular weight is 284 g/mol. The van der Waals surface area contributed by atoms with Crippen LogP contribution in [0.4, 0.5) is 4.39 Å². The summed E-state index contributed by atoms with van der Waals surface area (Å²) in [6.45, 7) is 0.551. The maximum absolute atomic E-state index is 13.1. The number of carbonyl (C=O) groups excluding carboxylic acids is 1. The van der Waals surface area contributed by atoms with E-state index in [1.54, 1.807) is 18.5 Å². The minimum atomic E-state index is -0.706. The average Bonchev–Trinajstić information content (AvgIpc) is 2.51. The maximum atomic E-state index is 13.1.